The maximum Gasteiger partial charge on any atom is 0.422 e. The first-order valence-corrected chi connectivity index (χ1v) is 8.45. The smallest absolute Gasteiger partial charge is 0.409 e. The van der Waals surface area contributed by atoms with Crippen LogP contribution >= 0.6 is 0 Å². The van der Waals surface area contributed by atoms with Crippen LogP contribution in [0.1, 0.15) is 10.4 Å². The van der Waals surface area contributed by atoms with Gasteiger partial charge in [-0.1, -0.05) is 66.7 Å². The van der Waals surface area contributed by atoms with E-state index in [1.54, 1.807) is 36.4 Å². The number of hydrogen-bond acceptors (Lipinski definition) is 4. The van der Waals surface area contributed by atoms with Gasteiger partial charge >= 0.3 is 5.76 Å². The summed E-state index contributed by atoms with van der Waals surface area (Å²) in [7, 11) is 0. The second-order valence-corrected chi connectivity index (χ2v) is 6.12. The summed E-state index contributed by atoms with van der Waals surface area (Å²) in [6, 6.07) is 23.3. The van der Waals surface area contributed by atoms with E-state index in [-0.39, 0.29) is 23.3 Å². The Morgan fingerprint density at radius 3 is 2.15 bits per heavy atom. The van der Waals surface area contributed by atoms with Crippen molar-refractivity contribution in [3.8, 4) is 11.1 Å². The van der Waals surface area contributed by atoms with E-state index in [2.05, 4.69) is 0 Å². The zero-order valence-corrected chi connectivity index (χ0v) is 14.3. The van der Waals surface area contributed by atoms with Gasteiger partial charge in [-0.3, -0.25) is 9.59 Å². The predicted octanol–water partition coefficient (Wildman–Crippen LogP) is 3.50. The largest absolute Gasteiger partial charge is 0.422 e. The molecule has 0 radical (unpaired) electrons. The van der Waals surface area contributed by atoms with E-state index in [0.717, 1.165) is 15.7 Å². The van der Waals surface area contributed by atoms with Crippen LogP contribution in [-0.4, -0.2) is 10.4 Å². The summed E-state index contributed by atoms with van der Waals surface area (Å²) in [6.07, 6.45) is 0. The molecule has 0 aliphatic rings. The fourth-order valence-electron chi connectivity index (χ4n) is 2.96. The van der Waals surface area contributed by atoms with Crippen LogP contribution in [0.4, 0.5) is 0 Å². The molecule has 1 heterocycles. The number of rotatable bonds is 4. The molecule has 0 atom stereocenters. The third-order valence-electron chi connectivity index (χ3n) is 4.40. The number of fused-ring (bicyclic) bond motifs is 1. The Hall–Kier alpha value is -3.73. The van der Waals surface area contributed by atoms with Crippen molar-refractivity contribution >= 4 is 16.8 Å². The molecule has 0 unspecified atom stereocenters. The number of benzene rings is 3. The summed E-state index contributed by atoms with van der Waals surface area (Å²) in [5.41, 5.74) is 2.13. The molecule has 5 nitrogen and oxygen atoms in total. The average Bonchev–Trinajstić information content (AvgIpc) is 2.72. The molecule has 4 rings (SSSR count). The molecule has 0 saturated carbocycles. The van der Waals surface area contributed by atoms with Gasteiger partial charge in [0.2, 0.25) is 0 Å². The van der Waals surface area contributed by atoms with Crippen LogP contribution in [0.15, 0.2) is 92.9 Å². The second-order valence-electron chi connectivity index (χ2n) is 6.12. The van der Waals surface area contributed by atoms with E-state index in [0.29, 0.717) is 5.56 Å². The molecule has 3 aromatic carbocycles. The van der Waals surface area contributed by atoms with Gasteiger partial charge in [0.1, 0.15) is 5.58 Å². The summed E-state index contributed by atoms with van der Waals surface area (Å²) in [4.78, 5) is 37.2. The molecule has 0 N–H and O–H groups in total. The highest BCUT2D eigenvalue weighted by molar-refractivity contribution is 5.96. The normalized spacial score (nSPS) is 10.8. The van der Waals surface area contributed by atoms with Crippen molar-refractivity contribution in [3.05, 3.63) is 105 Å². The van der Waals surface area contributed by atoms with E-state index < -0.39 is 11.3 Å². The molecule has 0 bridgehead atoms. The standard InChI is InChI=1S/C22H15NO4/c24-19(17-12-10-16(11-13-17)15-6-2-1-3-7-15)14-23-21(25)18-8-4-5-9-20(18)27-22(23)26/h1-13H,14H2. The number of ketones is 1. The molecule has 0 spiro atoms. The Bertz CT molecular complexity index is 1240. The van der Waals surface area contributed by atoms with Crippen molar-refractivity contribution in [2.24, 2.45) is 0 Å². The van der Waals surface area contributed by atoms with Crippen LogP contribution in [0, 0.1) is 0 Å². The van der Waals surface area contributed by atoms with Gasteiger partial charge in [0.15, 0.2) is 5.78 Å². The topological polar surface area (TPSA) is 69.3 Å². The minimum atomic E-state index is -0.840. The van der Waals surface area contributed by atoms with Gasteiger partial charge in [-0.2, -0.15) is 0 Å². The SMILES string of the molecule is O=C(Cn1c(=O)oc2ccccc2c1=O)c1ccc(-c2ccccc2)cc1. The van der Waals surface area contributed by atoms with Crippen LogP contribution in [0.3, 0.4) is 0 Å². The van der Waals surface area contributed by atoms with E-state index in [9.17, 15) is 14.4 Å². The molecule has 0 amide bonds. The van der Waals surface area contributed by atoms with Gasteiger partial charge in [0, 0.05) is 5.56 Å². The highest BCUT2D eigenvalue weighted by atomic mass is 16.4. The van der Waals surface area contributed by atoms with Crippen molar-refractivity contribution in [3.63, 3.8) is 0 Å². The third kappa shape index (κ3) is 3.22. The van der Waals surface area contributed by atoms with Gasteiger partial charge < -0.3 is 4.42 Å². The van der Waals surface area contributed by atoms with Crippen LogP contribution in [-0.2, 0) is 6.54 Å². The fraction of sp³-hybridized carbons (Fsp3) is 0.0455. The average molecular weight is 357 g/mol. The molecule has 27 heavy (non-hydrogen) atoms. The van der Waals surface area contributed by atoms with E-state index in [1.165, 1.54) is 0 Å². The van der Waals surface area contributed by atoms with Crippen molar-refractivity contribution in [1.82, 2.24) is 4.57 Å². The van der Waals surface area contributed by atoms with Crippen molar-refractivity contribution in [2.45, 2.75) is 6.54 Å². The minimum Gasteiger partial charge on any atom is -0.409 e. The van der Waals surface area contributed by atoms with Gasteiger partial charge in [-0.05, 0) is 23.3 Å². The minimum absolute atomic E-state index is 0.211. The quantitative estimate of drug-likeness (QED) is 0.524. The first-order chi connectivity index (χ1) is 13.1. The predicted molar refractivity (Wildman–Crippen MR) is 103 cm³/mol. The lowest BCUT2D eigenvalue weighted by atomic mass is 10.0. The van der Waals surface area contributed by atoms with Crippen molar-refractivity contribution in [1.29, 1.82) is 0 Å². The summed E-state index contributed by atoms with van der Waals surface area (Å²) in [5.74, 6) is -1.17. The fourth-order valence-corrected chi connectivity index (χ4v) is 2.96. The number of aromatic nitrogens is 1. The van der Waals surface area contributed by atoms with Crippen LogP contribution in [0.2, 0.25) is 0 Å². The van der Waals surface area contributed by atoms with Gasteiger partial charge in [-0.15, -0.1) is 0 Å². The summed E-state index contributed by atoms with van der Waals surface area (Å²) in [5, 5.41) is 0.268. The van der Waals surface area contributed by atoms with E-state index in [4.69, 9.17) is 4.42 Å². The lowest BCUT2D eigenvalue weighted by Crippen LogP contribution is -2.35. The summed E-state index contributed by atoms with van der Waals surface area (Å²) >= 11 is 0. The monoisotopic (exact) mass is 357 g/mol. The Morgan fingerprint density at radius 1 is 0.778 bits per heavy atom. The maximum atomic E-state index is 12.6. The van der Waals surface area contributed by atoms with Gasteiger partial charge in [0.25, 0.3) is 5.56 Å². The molecule has 5 heteroatoms. The number of hydrogen-bond donors (Lipinski definition) is 0. The van der Waals surface area contributed by atoms with E-state index >= 15 is 0 Å². The molecule has 132 valence electrons. The Kier molecular flexibility index (Phi) is 4.26. The Morgan fingerprint density at radius 2 is 1.41 bits per heavy atom. The number of carbonyl (C=O) groups is 1. The molecular weight excluding hydrogens is 342 g/mol. The third-order valence-corrected chi connectivity index (χ3v) is 4.40. The Labute approximate surface area is 154 Å². The molecule has 0 aliphatic carbocycles. The molecule has 0 saturated heterocycles. The lowest BCUT2D eigenvalue weighted by Gasteiger charge is -2.06. The van der Waals surface area contributed by atoms with Crippen molar-refractivity contribution < 1.29 is 9.21 Å². The molecule has 0 aliphatic heterocycles. The van der Waals surface area contributed by atoms with Crippen molar-refractivity contribution in [2.75, 3.05) is 0 Å². The number of para-hydroxylation sites is 1. The number of carbonyl (C=O) groups excluding carboxylic acids is 1. The number of nitrogens with zero attached hydrogens (tertiary/aromatic N) is 1. The second kappa shape index (κ2) is 6.88. The first kappa shape index (κ1) is 16.7. The number of Topliss-reactive ketones (excluding diaryl/α,β-unsaturated/α-hetero) is 1. The van der Waals surface area contributed by atoms with Gasteiger partial charge in [-0.25, -0.2) is 9.36 Å². The van der Waals surface area contributed by atoms with E-state index in [1.807, 2.05) is 42.5 Å². The van der Waals surface area contributed by atoms with Gasteiger partial charge in [0.05, 0.1) is 11.9 Å². The Balaban J connectivity index is 1.64. The highest BCUT2D eigenvalue weighted by Gasteiger charge is 2.14. The zero-order valence-electron chi connectivity index (χ0n) is 14.3. The maximum absolute atomic E-state index is 12.6. The van der Waals surface area contributed by atoms with Crippen LogP contribution < -0.4 is 11.3 Å². The lowest BCUT2D eigenvalue weighted by molar-refractivity contribution is 0.0966. The first-order valence-electron chi connectivity index (χ1n) is 8.45. The summed E-state index contributed by atoms with van der Waals surface area (Å²) < 4.78 is 5.97. The van der Waals surface area contributed by atoms with Crippen LogP contribution in [0.5, 0.6) is 0 Å². The zero-order chi connectivity index (χ0) is 18.8. The molecular formula is C22H15NO4. The molecule has 4 aromatic rings. The van der Waals surface area contributed by atoms with Crippen LogP contribution in [0.25, 0.3) is 22.1 Å². The highest BCUT2D eigenvalue weighted by Crippen LogP contribution is 2.19. The molecule has 0 fully saturated rings. The summed E-state index contributed by atoms with van der Waals surface area (Å²) in [6.45, 7) is -0.364. The molecule has 1 aromatic heterocycles.